The summed E-state index contributed by atoms with van der Waals surface area (Å²) in [7, 11) is 1.92. The number of hydrogen-bond acceptors (Lipinski definition) is 3. The van der Waals surface area contributed by atoms with Gasteiger partial charge in [0.1, 0.15) is 0 Å². The fourth-order valence-corrected chi connectivity index (χ4v) is 2.28. The molecule has 19 heavy (non-hydrogen) atoms. The van der Waals surface area contributed by atoms with Gasteiger partial charge in [0.25, 0.3) is 0 Å². The summed E-state index contributed by atoms with van der Waals surface area (Å²) < 4.78 is 1.84. The van der Waals surface area contributed by atoms with Gasteiger partial charge in [0.15, 0.2) is 0 Å². The molecule has 1 atom stereocenters. The number of aromatic nitrogens is 3. The molecule has 3 rings (SSSR count). The molecule has 4 heteroatoms. The van der Waals surface area contributed by atoms with Crippen LogP contribution in [-0.4, -0.2) is 14.8 Å². The van der Waals surface area contributed by atoms with Crippen molar-refractivity contribution in [3.05, 3.63) is 59.5 Å². The van der Waals surface area contributed by atoms with Gasteiger partial charge in [0.05, 0.1) is 17.8 Å². The fourth-order valence-electron chi connectivity index (χ4n) is 2.28. The van der Waals surface area contributed by atoms with Gasteiger partial charge in [0.2, 0.25) is 0 Å². The summed E-state index contributed by atoms with van der Waals surface area (Å²) in [6.45, 7) is 2.03. The van der Waals surface area contributed by atoms with Gasteiger partial charge in [-0.1, -0.05) is 18.2 Å². The Labute approximate surface area is 111 Å². The Bertz CT molecular complexity index is 730. The van der Waals surface area contributed by atoms with Crippen molar-refractivity contribution in [1.82, 2.24) is 14.8 Å². The van der Waals surface area contributed by atoms with Crippen LogP contribution in [0.2, 0.25) is 0 Å². The number of fused-ring (bicyclic) bond motifs is 1. The molecule has 0 aliphatic carbocycles. The molecule has 3 aromatic rings. The van der Waals surface area contributed by atoms with Crippen LogP contribution in [0, 0.1) is 6.92 Å². The third-order valence-corrected chi connectivity index (χ3v) is 3.60. The van der Waals surface area contributed by atoms with Gasteiger partial charge in [-0.3, -0.25) is 9.67 Å². The number of aryl methyl sites for hydroxylation is 1. The van der Waals surface area contributed by atoms with E-state index < -0.39 is 0 Å². The lowest BCUT2D eigenvalue weighted by atomic mass is 9.99. The third kappa shape index (κ3) is 2.00. The Morgan fingerprint density at radius 1 is 1.26 bits per heavy atom. The van der Waals surface area contributed by atoms with Gasteiger partial charge in [-0.2, -0.15) is 5.10 Å². The maximum atomic E-state index is 6.34. The van der Waals surface area contributed by atoms with Gasteiger partial charge >= 0.3 is 0 Å². The van der Waals surface area contributed by atoms with Crippen LogP contribution in [0.3, 0.4) is 0 Å². The smallest absolute Gasteiger partial charge is 0.0705 e. The van der Waals surface area contributed by atoms with Gasteiger partial charge in [-0.05, 0) is 24.6 Å². The maximum absolute atomic E-state index is 6.34. The Kier molecular flexibility index (Phi) is 2.80. The molecule has 1 aromatic carbocycles. The summed E-state index contributed by atoms with van der Waals surface area (Å²) in [6.07, 6.45) is 3.63. The van der Waals surface area contributed by atoms with E-state index >= 15 is 0 Å². The highest BCUT2D eigenvalue weighted by Crippen LogP contribution is 2.24. The van der Waals surface area contributed by atoms with Crippen LogP contribution in [0.25, 0.3) is 10.9 Å². The van der Waals surface area contributed by atoms with Crippen molar-refractivity contribution >= 4 is 10.9 Å². The molecule has 0 aliphatic rings. The van der Waals surface area contributed by atoms with Crippen molar-refractivity contribution in [2.45, 2.75) is 13.0 Å². The standard InChI is InChI=1S/C15H16N4/c1-10-13(9-18-19(10)2)15(16)12-6-5-11-4-3-7-17-14(11)8-12/h3-9,15H,16H2,1-2H3. The molecule has 0 saturated heterocycles. The van der Waals surface area contributed by atoms with Gasteiger partial charge in [0, 0.05) is 29.9 Å². The Balaban J connectivity index is 2.06. The molecule has 0 amide bonds. The van der Waals surface area contributed by atoms with Gasteiger partial charge in [-0.15, -0.1) is 0 Å². The van der Waals surface area contributed by atoms with Crippen LogP contribution in [0.15, 0.2) is 42.7 Å². The zero-order valence-corrected chi connectivity index (χ0v) is 11.0. The Hall–Kier alpha value is -2.20. The molecule has 0 saturated carbocycles. The summed E-state index contributed by atoms with van der Waals surface area (Å²) >= 11 is 0. The van der Waals surface area contributed by atoms with Gasteiger partial charge < -0.3 is 5.73 Å². The molecule has 2 N–H and O–H groups in total. The highest BCUT2D eigenvalue weighted by molar-refractivity contribution is 5.79. The molecule has 96 valence electrons. The van der Waals surface area contributed by atoms with Crippen molar-refractivity contribution < 1.29 is 0 Å². The molecule has 4 nitrogen and oxygen atoms in total. The molecule has 2 aromatic heterocycles. The van der Waals surface area contributed by atoms with Crippen LogP contribution in [0.4, 0.5) is 0 Å². The average Bonchev–Trinajstić information content (AvgIpc) is 2.78. The number of hydrogen-bond donors (Lipinski definition) is 1. The molecule has 0 radical (unpaired) electrons. The van der Waals surface area contributed by atoms with E-state index in [1.54, 1.807) is 6.20 Å². The predicted molar refractivity (Wildman–Crippen MR) is 75.7 cm³/mol. The molecule has 2 heterocycles. The highest BCUT2D eigenvalue weighted by Gasteiger charge is 2.14. The van der Waals surface area contributed by atoms with Crippen LogP contribution in [-0.2, 0) is 7.05 Å². The summed E-state index contributed by atoms with van der Waals surface area (Å²) in [5.74, 6) is 0. The number of pyridine rings is 1. The van der Waals surface area contributed by atoms with E-state index in [9.17, 15) is 0 Å². The second kappa shape index (κ2) is 4.48. The van der Waals surface area contributed by atoms with Crippen molar-refractivity contribution in [2.75, 3.05) is 0 Å². The zero-order chi connectivity index (χ0) is 13.4. The molecule has 0 spiro atoms. The molecule has 0 bridgehead atoms. The fraction of sp³-hybridized carbons (Fsp3) is 0.200. The topological polar surface area (TPSA) is 56.7 Å². The summed E-state index contributed by atoms with van der Waals surface area (Å²) in [4.78, 5) is 4.37. The van der Waals surface area contributed by atoms with E-state index in [-0.39, 0.29) is 6.04 Å². The normalized spacial score (nSPS) is 12.8. The van der Waals surface area contributed by atoms with Crippen LogP contribution >= 0.6 is 0 Å². The minimum Gasteiger partial charge on any atom is -0.320 e. The Morgan fingerprint density at radius 3 is 2.84 bits per heavy atom. The monoisotopic (exact) mass is 252 g/mol. The largest absolute Gasteiger partial charge is 0.320 e. The van der Waals surface area contributed by atoms with Crippen molar-refractivity contribution in [3.8, 4) is 0 Å². The minimum absolute atomic E-state index is 0.167. The summed E-state index contributed by atoms with van der Waals surface area (Å²) in [5.41, 5.74) is 10.5. The quantitative estimate of drug-likeness (QED) is 0.761. The number of rotatable bonds is 2. The second-order valence-electron chi connectivity index (χ2n) is 4.74. The molecule has 0 aliphatic heterocycles. The first kappa shape index (κ1) is 11.9. The lowest BCUT2D eigenvalue weighted by Crippen LogP contribution is -2.12. The maximum Gasteiger partial charge on any atom is 0.0705 e. The first-order valence-corrected chi connectivity index (χ1v) is 6.25. The van der Waals surface area contributed by atoms with Crippen LogP contribution in [0.1, 0.15) is 22.9 Å². The average molecular weight is 252 g/mol. The number of benzene rings is 1. The van der Waals surface area contributed by atoms with E-state index in [0.29, 0.717) is 0 Å². The predicted octanol–water partition coefficient (Wildman–Crippen LogP) is 2.32. The van der Waals surface area contributed by atoms with E-state index in [2.05, 4.69) is 22.2 Å². The van der Waals surface area contributed by atoms with Crippen LogP contribution in [0.5, 0.6) is 0 Å². The van der Waals surface area contributed by atoms with Crippen LogP contribution < -0.4 is 5.73 Å². The number of nitrogens with two attached hydrogens (primary N) is 1. The van der Waals surface area contributed by atoms with E-state index in [1.807, 2.05) is 43.0 Å². The lowest BCUT2D eigenvalue weighted by molar-refractivity contribution is 0.734. The van der Waals surface area contributed by atoms with Gasteiger partial charge in [-0.25, -0.2) is 0 Å². The molecular weight excluding hydrogens is 236 g/mol. The van der Waals surface area contributed by atoms with Crippen molar-refractivity contribution in [2.24, 2.45) is 12.8 Å². The molecule has 0 fully saturated rings. The first-order chi connectivity index (χ1) is 9.16. The summed E-state index contributed by atoms with van der Waals surface area (Å²) in [6, 6.07) is 9.98. The highest BCUT2D eigenvalue weighted by atomic mass is 15.3. The third-order valence-electron chi connectivity index (χ3n) is 3.60. The van der Waals surface area contributed by atoms with Crippen molar-refractivity contribution in [1.29, 1.82) is 0 Å². The minimum atomic E-state index is -0.167. The van der Waals surface area contributed by atoms with Crippen molar-refractivity contribution in [3.63, 3.8) is 0 Å². The SMILES string of the molecule is Cc1c(C(N)c2ccc3cccnc3c2)cnn1C. The Morgan fingerprint density at radius 2 is 2.11 bits per heavy atom. The summed E-state index contributed by atoms with van der Waals surface area (Å²) in [5, 5.41) is 5.37. The number of nitrogens with zero attached hydrogens (tertiary/aromatic N) is 3. The van der Waals surface area contributed by atoms with E-state index in [4.69, 9.17) is 5.73 Å². The molecule has 1 unspecified atom stereocenters. The lowest BCUT2D eigenvalue weighted by Gasteiger charge is -2.12. The second-order valence-corrected chi connectivity index (χ2v) is 4.74. The molecular formula is C15H16N4. The van der Waals surface area contributed by atoms with E-state index in [1.165, 1.54) is 0 Å². The first-order valence-electron chi connectivity index (χ1n) is 6.25. The van der Waals surface area contributed by atoms with E-state index in [0.717, 1.165) is 27.7 Å². The zero-order valence-electron chi connectivity index (χ0n) is 11.0.